The molecule has 1 fully saturated rings. The number of H-pyrrole nitrogens is 1. The van der Waals surface area contributed by atoms with Gasteiger partial charge in [0.05, 0.1) is 11.3 Å². The van der Waals surface area contributed by atoms with E-state index in [2.05, 4.69) is 21.5 Å². The lowest BCUT2D eigenvalue weighted by molar-refractivity contribution is 0.435. The molecule has 0 spiro atoms. The molecule has 3 heterocycles. The minimum absolute atomic E-state index is 0.0621. The maximum absolute atomic E-state index is 12.4. The highest BCUT2D eigenvalue weighted by Gasteiger charge is 2.21. The molecule has 1 aliphatic carbocycles. The molecular formula is C14H18N4O. The van der Waals surface area contributed by atoms with E-state index in [-0.39, 0.29) is 5.56 Å². The van der Waals surface area contributed by atoms with Gasteiger partial charge in [0.1, 0.15) is 0 Å². The van der Waals surface area contributed by atoms with Crippen molar-refractivity contribution < 1.29 is 0 Å². The van der Waals surface area contributed by atoms with Gasteiger partial charge in [-0.2, -0.15) is 0 Å². The summed E-state index contributed by atoms with van der Waals surface area (Å²) in [6.07, 6.45) is 6.38. The summed E-state index contributed by atoms with van der Waals surface area (Å²) in [5.74, 6) is 0.572. The molecule has 2 aliphatic rings. The van der Waals surface area contributed by atoms with E-state index in [1.807, 2.05) is 0 Å². The predicted octanol–water partition coefficient (Wildman–Crippen LogP) is 1.67. The summed E-state index contributed by atoms with van der Waals surface area (Å²) in [5, 5.41) is 6.46. The highest BCUT2D eigenvalue weighted by Crippen LogP contribution is 2.31. The van der Waals surface area contributed by atoms with E-state index in [9.17, 15) is 4.79 Å². The molecule has 0 aromatic carbocycles. The number of aromatic amines is 1. The van der Waals surface area contributed by atoms with Crippen LogP contribution in [0.15, 0.2) is 10.9 Å². The fourth-order valence-corrected chi connectivity index (χ4v) is 3.38. The van der Waals surface area contributed by atoms with Gasteiger partial charge < -0.3 is 5.32 Å². The predicted molar refractivity (Wildman–Crippen MR) is 72.2 cm³/mol. The quantitative estimate of drug-likeness (QED) is 0.818. The lowest BCUT2D eigenvalue weighted by Crippen LogP contribution is -2.20. The minimum Gasteiger partial charge on any atom is -0.307 e. The third-order valence-electron chi connectivity index (χ3n) is 4.45. The smallest absolute Gasteiger partial charge is 0.277 e. The molecule has 1 aliphatic heterocycles. The second-order valence-corrected chi connectivity index (χ2v) is 5.69. The second-order valence-electron chi connectivity index (χ2n) is 5.69. The van der Waals surface area contributed by atoms with E-state index >= 15 is 0 Å². The Morgan fingerprint density at radius 3 is 2.89 bits per heavy atom. The van der Waals surface area contributed by atoms with Crippen molar-refractivity contribution in [1.82, 2.24) is 19.9 Å². The number of nitrogens with one attached hydrogen (secondary N) is 2. The number of fused-ring (bicyclic) bond motifs is 2. The van der Waals surface area contributed by atoms with Crippen LogP contribution < -0.4 is 10.9 Å². The Kier molecular flexibility index (Phi) is 2.48. The third-order valence-corrected chi connectivity index (χ3v) is 4.45. The Morgan fingerprint density at radius 1 is 1.21 bits per heavy atom. The van der Waals surface area contributed by atoms with Crippen molar-refractivity contribution in [3.05, 3.63) is 33.4 Å². The molecule has 2 aromatic rings. The summed E-state index contributed by atoms with van der Waals surface area (Å²) < 4.78 is 1.62. The summed E-state index contributed by atoms with van der Waals surface area (Å²) in [4.78, 5) is 17.0. The molecule has 1 saturated carbocycles. The molecule has 0 unspecified atom stereocenters. The van der Waals surface area contributed by atoms with E-state index in [0.717, 1.165) is 16.9 Å². The van der Waals surface area contributed by atoms with Crippen LogP contribution in [0, 0.1) is 0 Å². The summed E-state index contributed by atoms with van der Waals surface area (Å²) in [7, 11) is 0. The SMILES string of the molecule is O=c1c2c(nc3cc(C4CCCCC4)[nH]n13)CNC2. The van der Waals surface area contributed by atoms with Crippen LogP contribution in [0.25, 0.3) is 5.65 Å². The largest absolute Gasteiger partial charge is 0.307 e. The van der Waals surface area contributed by atoms with E-state index in [4.69, 9.17) is 0 Å². The monoisotopic (exact) mass is 258 g/mol. The first-order chi connectivity index (χ1) is 9.33. The maximum atomic E-state index is 12.4. The fraction of sp³-hybridized carbons (Fsp3) is 0.571. The van der Waals surface area contributed by atoms with Gasteiger partial charge in [-0.25, -0.2) is 9.50 Å². The van der Waals surface area contributed by atoms with Gasteiger partial charge >= 0.3 is 0 Å². The number of hydrogen-bond donors (Lipinski definition) is 2. The highest BCUT2D eigenvalue weighted by molar-refractivity contribution is 5.43. The van der Waals surface area contributed by atoms with E-state index in [1.165, 1.54) is 37.8 Å². The van der Waals surface area contributed by atoms with Crippen LogP contribution in [0.2, 0.25) is 0 Å². The highest BCUT2D eigenvalue weighted by atomic mass is 16.1. The summed E-state index contributed by atoms with van der Waals surface area (Å²) in [5.41, 5.74) is 3.75. The lowest BCUT2D eigenvalue weighted by atomic mass is 9.87. The number of nitrogens with zero attached hydrogens (tertiary/aromatic N) is 2. The molecule has 0 amide bonds. The molecule has 4 rings (SSSR count). The normalized spacial score (nSPS) is 20.0. The van der Waals surface area contributed by atoms with Crippen LogP contribution in [0.4, 0.5) is 0 Å². The Balaban J connectivity index is 1.83. The molecule has 5 heteroatoms. The molecule has 100 valence electrons. The van der Waals surface area contributed by atoms with Gasteiger partial charge in [0.2, 0.25) is 0 Å². The minimum atomic E-state index is 0.0621. The molecule has 5 nitrogen and oxygen atoms in total. The second kappa shape index (κ2) is 4.20. The molecule has 0 atom stereocenters. The van der Waals surface area contributed by atoms with Crippen LogP contribution in [0.5, 0.6) is 0 Å². The van der Waals surface area contributed by atoms with E-state index < -0.39 is 0 Å². The molecule has 0 radical (unpaired) electrons. The molecule has 2 N–H and O–H groups in total. The van der Waals surface area contributed by atoms with Crippen LogP contribution in [0.3, 0.4) is 0 Å². The van der Waals surface area contributed by atoms with Crippen molar-refractivity contribution in [1.29, 1.82) is 0 Å². The molecular weight excluding hydrogens is 240 g/mol. The molecule has 0 bridgehead atoms. The summed E-state index contributed by atoms with van der Waals surface area (Å²) >= 11 is 0. The van der Waals surface area contributed by atoms with Crippen LogP contribution in [-0.4, -0.2) is 14.6 Å². The van der Waals surface area contributed by atoms with Crippen molar-refractivity contribution in [3.63, 3.8) is 0 Å². The zero-order chi connectivity index (χ0) is 12.8. The van der Waals surface area contributed by atoms with Gasteiger partial charge in [-0.1, -0.05) is 19.3 Å². The first-order valence-electron chi connectivity index (χ1n) is 7.17. The Labute approximate surface area is 111 Å². The molecule has 19 heavy (non-hydrogen) atoms. The number of rotatable bonds is 1. The Bertz CT molecular complexity index is 679. The fourth-order valence-electron chi connectivity index (χ4n) is 3.38. The Morgan fingerprint density at radius 2 is 2.05 bits per heavy atom. The van der Waals surface area contributed by atoms with Crippen LogP contribution in [-0.2, 0) is 13.1 Å². The van der Waals surface area contributed by atoms with Gasteiger partial charge in [-0.3, -0.25) is 9.89 Å². The first-order valence-corrected chi connectivity index (χ1v) is 7.17. The average Bonchev–Trinajstić information content (AvgIpc) is 3.06. The van der Waals surface area contributed by atoms with Gasteiger partial charge in [0.25, 0.3) is 5.56 Å². The zero-order valence-electron chi connectivity index (χ0n) is 10.9. The van der Waals surface area contributed by atoms with Crippen molar-refractivity contribution >= 4 is 5.65 Å². The van der Waals surface area contributed by atoms with E-state index in [1.54, 1.807) is 4.52 Å². The average molecular weight is 258 g/mol. The van der Waals surface area contributed by atoms with E-state index in [0.29, 0.717) is 19.0 Å². The Hall–Kier alpha value is -1.62. The summed E-state index contributed by atoms with van der Waals surface area (Å²) in [6.45, 7) is 1.35. The van der Waals surface area contributed by atoms with Crippen molar-refractivity contribution in [2.45, 2.75) is 51.1 Å². The lowest BCUT2D eigenvalue weighted by Gasteiger charge is -2.19. The van der Waals surface area contributed by atoms with Crippen molar-refractivity contribution in [2.24, 2.45) is 0 Å². The van der Waals surface area contributed by atoms with Crippen LogP contribution in [0.1, 0.15) is 55.0 Å². The van der Waals surface area contributed by atoms with Crippen LogP contribution >= 0.6 is 0 Å². The number of aromatic nitrogens is 3. The van der Waals surface area contributed by atoms with Gasteiger partial charge in [0, 0.05) is 30.8 Å². The third kappa shape index (κ3) is 1.72. The maximum Gasteiger partial charge on any atom is 0.277 e. The topological polar surface area (TPSA) is 62.2 Å². The summed E-state index contributed by atoms with van der Waals surface area (Å²) in [6, 6.07) is 2.07. The number of hydrogen-bond acceptors (Lipinski definition) is 3. The first kappa shape index (κ1) is 11.2. The zero-order valence-corrected chi connectivity index (χ0v) is 10.9. The standard InChI is InChI=1S/C14H18N4O/c19-14-10-7-15-8-12(10)16-13-6-11(17-18(13)14)9-4-2-1-3-5-9/h6,9,15,17H,1-5,7-8H2. The van der Waals surface area contributed by atoms with Gasteiger partial charge in [-0.05, 0) is 12.8 Å². The molecule has 0 saturated heterocycles. The van der Waals surface area contributed by atoms with Gasteiger partial charge in [-0.15, -0.1) is 0 Å². The van der Waals surface area contributed by atoms with Crippen molar-refractivity contribution in [2.75, 3.05) is 0 Å². The van der Waals surface area contributed by atoms with Gasteiger partial charge in [0.15, 0.2) is 5.65 Å². The molecule has 2 aromatic heterocycles. The van der Waals surface area contributed by atoms with Crippen molar-refractivity contribution in [3.8, 4) is 0 Å².